The van der Waals surface area contributed by atoms with E-state index >= 15 is 0 Å². The van der Waals surface area contributed by atoms with Gasteiger partial charge in [-0.1, -0.05) is 30.3 Å². The average molecular weight is 369 g/mol. The van der Waals surface area contributed by atoms with Crippen LogP contribution in [0.25, 0.3) is 10.8 Å². The van der Waals surface area contributed by atoms with Gasteiger partial charge < -0.3 is 5.32 Å². The monoisotopic (exact) mass is 369 g/mol. The Morgan fingerprint density at radius 1 is 1.23 bits per heavy atom. The summed E-state index contributed by atoms with van der Waals surface area (Å²) in [6.45, 7) is 0. The highest BCUT2D eigenvalue weighted by molar-refractivity contribution is 7.99. The SMILES string of the molecule is Cn1nc(C(=O)NC2CCSc3c(F)cccc32)c2ccccc2c1=O. The van der Waals surface area contributed by atoms with E-state index in [1.165, 1.54) is 29.6 Å². The van der Waals surface area contributed by atoms with Crippen molar-refractivity contribution in [3.05, 3.63) is 69.9 Å². The molecule has 3 aromatic rings. The summed E-state index contributed by atoms with van der Waals surface area (Å²) in [7, 11) is 1.52. The first-order valence-corrected chi connectivity index (χ1v) is 9.23. The first-order valence-electron chi connectivity index (χ1n) is 8.24. The quantitative estimate of drug-likeness (QED) is 0.754. The molecule has 1 aliphatic rings. The predicted octanol–water partition coefficient (Wildman–Crippen LogP) is 3.04. The van der Waals surface area contributed by atoms with Gasteiger partial charge in [-0.2, -0.15) is 5.10 Å². The average Bonchev–Trinajstić information content (AvgIpc) is 2.65. The van der Waals surface area contributed by atoms with Crippen molar-refractivity contribution in [2.75, 3.05) is 5.75 Å². The minimum Gasteiger partial charge on any atom is -0.344 e. The Kier molecular flexibility index (Phi) is 4.24. The number of rotatable bonds is 2. The van der Waals surface area contributed by atoms with Crippen LogP contribution in [0.3, 0.4) is 0 Å². The molecule has 26 heavy (non-hydrogen) atoms. The van der Waals surface area contributed by atoms with Crippen molar-refractivity contribution < 1.29 is 9.18 Å². The second-order valence-corrected chi connectivity index (χ2v) is 7.25. The van der Waals surface area contributed by atoms with E-state index in [2.05, 4.69) is 10.4 Å². The van der Waals surface area contributed by atoms with E-state index in [0.29, 0.717) is 22.1 Å². The molecule has 0 spiro atoms. The van der Waals surface area contributed by atoms with Gasteiger partial charge in [0, 0.05) is 23.1 Å². The number of aryl methyl sites for hydroxylation is 1. The minimum absolute atomic E-state index is 0.193. The Morgan fingerprint density at radius 2 is 2.00 bits per heavy atom. The summed E-state index contributed by atoms with van der Waals surface area (Å²) in [6, 6.07) is 11.5. The third-order valence-corrected chi connectivity index (χ3v) is 5.66. The topological polar surface area (TPSA) is 64.0 Å². The maximum absolute atomic E-state index is 14.0. The Bertz CT molecular complexity index is 1080. The molecule has 0 saturated heterocycles. The van der Waals surface area contributed by atoms with Crippen LogP contribution >= 0.6 is 11.8 Å². The van der Waals surface area contributed by atoms with Crippen LogP contribution < -0.4 is 10.9 Å². The van der Waals surface area contributed by atoms with Crippen LogP contribution in [0.15, 0.2) is 52.2 Å². The number of hydrogen-bond donors (Lipinski definition) is 1. The molecule has 1 aliphatic heterocycles. The van der Waals surface area contributed by atoms with E-state index in [0.717, 1.165) is 11.3 Å². The van der Waals surface area contributed by atoms with Crippen LogP contribution in [-0.4, -0.2) is 21.4 Å². The lowest BCUT2D eigenvalue weighted by Gasteiger charge is -2.26. The largest absolute Gasteiger partial charge is 0.344 e. The molecule has 132 valence electrons. The van der Waals surface area contributed by atoms with E-state index in [9.17, 15) is 14.0 Å². The first kappa shape index (κ1) is 16.8. The zero-order valence-corrected chi connectivity index (χ0v) is 14.8. The van der Waals surface area contributed by atoms with Crippen LogP contribution in [-0.2, 0) is 7.05 Å². The Labute approximate surface area is 153 Å². The standard InChI is InChI=1S/C19H16FN3O2S/c1-23-19(25)12-6-3-2-5-11(12)16(22-23)18(24)21-15-9-10-26-17-13(15)7-4-8-14(17)20/h2-8,15H,9-10H2,1H3,(H,21,24). The number of nitrogens with one attached hydrogen (secondary N) is 1. The van der Waals surface area contributed by atoms with Crippen LogP contribution in [0.5, 0.6) is 0 Å². The lowest BCUT2D eigenvalue weighted by atomic mass is 10.0. The summed E-state index contributed by atoms with van der Waals surface area (Å²) in [4.78, 5) is 25.7. The zero-order chi connectivity index (χ0) is 18.3. The van der Waals surface area contributed by atoms with Gasteiger partial charge in [0.2, 0.25) is 0 Å². The van der Waals surface area contributed by atoms with Crippen molar-refractivity contribution in [2.24, 2.45) is 7.05 Å². The van der Waals surface area contributed by atoms with Gasteiger partial charge >= 0.3 is 0 Å². The summed E-state index contributed by atoms with van der Waals surface area (Å²) in [5, 5.41) is 8.07. The van der Waals surface area contributed by atoms with Gasteiger partial charge in [0.25, 0.3) is 11.5 Å². The van der Waals surface area contributed by atoms with E-state index in [-0.39, 0.29) is 29.0 Å². The summed E-state index contributed by atoms with van der Waals surface area (Å²) in [5.41, 5.74) is 0.723. The van der Waals surface area contributed by atoms with Crippen molar-refractivity contribution in [2.45, 2.75) is 17.4 Å². The number of amides is 1. The third-order valence-electron chi connectivity index (χ3n) is 4.50. The number of fused-ring (bicyclic) bond motifs is 2. The van der Waals surface area contributed by atoms with E-state index < -0.39 is 0 Å². The molecule has 1 unspecified atom stereocenters. The van der Waals surface area contributed by atoms with Gasteiger partial charge in [-0.3, -0.25) is 9.59 Å². The van der Waals surface area contributed by atoms with Gasteiger partial charge in [-0.05, 0) is 24.1 Å². The van der Waals surface area contributed by atoms with Crippen LogP contribution in [0.4, 0.5) is 4.39 Å². The molecule has 0 aliphatic carbocycles. The maximum Gasteiger partial charge on any atom is 0.274 e. The van der Waals surface area contributed by atoms with Crippen molar-refractivity contribution in [1.29, 1.82) is 0 Å². The third kappa shape index (κ3) is 2.78. The number of aromatic nitrogens is 2. The molecule has 7 heteroatoms. The number of carbonyl (C=O) groups excluding carboxylic acids is 1. The summed E-state index contributed by atoms with van der Waals surface area (Å²) in [6.07, 6.45) is 0.705. The molecule has 0 saturated carbocycles. The fourth-order valence-corrected chi connectivity index (χ4v) is 4.37. The molecule has 1 amide bonds. The van der Waals surface area contributed by atoms with Crippen LogP contribution in [0.1, 0.15) is 28.5 Å². The summed E-state index contributed by atoms with van der Waals surface area (Å²) >= 11 is 1.46. The van der Waals surface area contributed by atoms with Gasteiger partial charge in [-0.25, -0.2) is 9.07 Å². The second-order valence-electron chi connectivity index (χ2n) is 6.14. The Morgan fingerprint density at radius 3 is 2.81 bits per heavy atom. The highest BCUT2D eigenvalue weighted by atomic mass is 32.2. The Balaban J connectivity index is 1.73. The lowest BCUT2D eigenvalue weighted by Crippen LogP contribution is -2.33. The molecule has 0 fully saturated rings. The summed E-state index contributed by atoms with van der Waals surface area (Å²) < 4.78 is 15.2. The van der Waals surface area contributed by atoms with Gasteiger partial charge in [0.15, 0.2) is 5.69 Å². The molecule has 0 bridgehead atoms. The first-order chi connectivity index (χ1) is 12.6. The van der Waals surface area contributed by atoms with Gasteiger partial charge in [-0.15, -0.1) is 11.8 Å². The second kappa shape index (κ2) is 6.57. The predicted molar refractivity (Wildman–Crippen MR) is 98.9 cm³/mol. The molecule has 0 radical (unpaired) electrons. The molecular weight excluding hydrogens is 353 g/mol. The molecule has 4 rings (SSSR count). The number of benzene rings is 2. The fraction of sp³-hybridized carbons (Fsp3) is 0.211. The highest BCUT2D eigenvalue weighted by Crippen LogP contribution is 2.37. The number of nitrogens with zero attached hydrogens (tertiary/aromatic N) is 2. The number of hydrogen-bond acceptors (Lipinski definition) is 4. The lowest BCUT2D eigenvalue weighted by molar-refractivity contribution is 0.0929. The van der Waals surface area contributed by atoms with Crippen molar-refractivity contribution in [3.63, 3.8) is 0 Å². The molecular formula is C19H16FN3O2S. The van der Waals surface area contributed by atoms with Crippen molar-refractivity contribution in [1.82, 2.24) is 15.1 Å². The van der Waals surface area contributed by atoms with E-state index in [1.54, 1.807) is 30.3 Å². The minimum atomic E-state index is -0.371. The molecule has 5 nitrogen and oxygen atoms in total. The molecule has 1 atom stereocenters. The van der Waals surface area contributed by atoms with Gasteiger partial charge in [0.05, 0.1) is 11.4 Å². The van der Waals surface area contributed by atoms with Crippen molar-refractivity contribution in [3.8, 4) is 0 Å². The molecule has 2 aromatic carbocycles. The van der Waals surface area contributed by atoms with Crippen molar-refractivity contribution >= 4 is 28.4 Å². The smallest absolute Gasteiger partial charge is 0.274 e. The van der Waals surface area contributed by atoms with Crippen LogP contribution in [0.2, 0.25) is 0 Å². The number of halogens is 1. The number of thioether (sulfide) groups is 1. The zero-order valence-electron chi connectivity index (χ0n) is 14.0. The normalized spacial score (nSPS) is 16.3. The fourth-order valence-electron chi connectivity index (χ4n) is 3.23. The summed E-state index contributed by atoms with van der Waals surface area (Å²) in [5.74, 6) is 0.0846. The number of carbonyl (C=O) groups is 1. The van der Waals surface area contributed by atoms with E-state index in [1.807, 2.05) is 6.07 Å². The van der Waals surface area contributed by atoms with Crippen LogP contribution in [0, 0.1) is 5.82 Å². The molecule has 1 aromatic heterocycles. The van der Waals surface area contributed by atoms with E-state index in [4.69, 9.17) is 0 Å². The van der Waals surface area contributed by atoms with Gasteiger partial charge in [0.1, 0.15) is 5.82 Å². The molecule has 1 N–H and O–H groups in total. The molecule has 2 heterocycles. The highest BCUT2D eigenvalue weighted by Gasteiger charge is 2.26. The maximum atomic E-state index is 14.0. The Hall–Kier alpha value is -2.67.